The zero-order valence-corrected chi connectivity index (χ0v) is 10.6. The zero-order chi connectivity index (χ0) is 12.8. The summed E-state index contributed by atoms with van der Waals surface area (Å²) in [5, 5.41) is 6.29. The van der Waals surface area contributed by atoms with Crippen LogP contribution in [0.2, 0.25) is 0 Å². The van der Waals surface area contributed by atoms with Crippen LogP contribution in [-0.2, 0) is 11.2 Å². The fourth-order valence-corrected chi connectivity index (χ4v) is 2.24. The van der Waals surface area contributed by atoms with E-state index in [4.69, 9.17) is 5.73 Å². The number of carbonyl (C=O) groups excluding carboxylic acids is 1. The van der Waals surface area contributed by atoms with Crippen LogP contribution in [0.5, 0.6) is 0 Å². The first-order chi connectivity index (χ1) is 8.75. The molecule has 4 nitrogen and oxygen atoms in total. The molecule has 0 spiro atoms. The van der Waals surface area contributed by atoms with Gasteiger partial charge in [-0.25, -0.2) is 0 Å². The molecule has 1 unspecified atom stereocenters. The average Bonchev–Trinajstić information content (AvgIpc) is 2.41. The predicted octanol–water partition coefficient (Wildman–Crippen LogP) is 0.425. The molecule has 1 aliphatic rings. The van der Waals surface area contributed by atoms with Gasteiger partial charge in [-0.1, -0.05) is 30.3 Å². The molecule has 0 bridgehead atoms. The Morgan fingerprint density at radius 2 is 2.22 bits per heavy atom. The van der Waals surface area contributed by atoms with Crippen LogP contribution in [0.3, 0.4) is 0 Å². The first kappa shape index (κ1) is 13.1. The number of nitrogens with one attached hydrogen (secondary N) is 2. The van der Waals surface area contributed by atoms with Gasteiger partial charge in [0.25, 0.3) is 0 Å². The summed E-state index contributed by atoms with van der Waals surface area (Å²) in [7, 11) is 0. The van der Waals surface area contributed by atoms with Crippen molar-refractivity contribution in [2.24, 2.45) is 5.73 Å². The van der Waals surface area contributed by atoms with Crippen molar-refractivity contribution in [3.63, 3.8) is 0 Å². The molecule has 1 saturated heterocycles. The third-order valence-corrected chi connectivity index (χ3v) is 3.28. The minimum atomic E-state index is -0.464. The third-order valence-electron chi connectivity index (χ3n) is 3.28. The number of nitrogens with two attached hydrogens (primary N) is 1. The van der Waals surface area contributed by atoms with Crippen molar-refractivity contribution in [2.45, 2.75) is 31.3 Å². The lowest BCUT2D eigenvalue weighted by atomic mass is 10.0. The minimum Gasteiger partial charge on any atom is -0.351 e. The molecule has 1 heterocycles. The molecule has 1 aromatic rings. The molecule has 1 aromatic carbocycles. The molecule has 98 valence electrons. The van der Waals surface area contributed by atoms with Crippen molar-refractivity contribution in [1.29, 1.82) is 0 Å². The summed E-state index contributed by atoms with van der Waals surface area (Å²) < 4.78 is 0. The van der Waals surface area contributed by atoms with Crippen LogP contribution < -0.4 is 16.4 Å². The molecule has 4 heteroatoms. The Bertz CT molecular complexity index is 374. The molecular formula is C14H21N3O. The standard InChI is InChI=1S/C14H21N3O/c15-13(9-11-5-2-1-3-6-11)14(18)17-12-7-4-8-16-10-12/h1-3,5-6,12-13,16H,4,7-10,15H2,(H,17,18)/t12?,13-/m0/s1. The highest BCUT2D eigenvalue weighted by molar-refractivity contribution is 5.82. The van der Waals surface area contributed by atoms with Crippen LogP contribution in [0.1, 0.15) is 18.4 Å². The molecule has 1 fully saturated rings. The van der Waals surface area contributed by atoms with Crippen LogP contribution in [-0.4, -0.2) is 31.1 Å². The average molecular weight is 247 g/mol. The minimum absolute atomic E-state index is 0.0486. The van der Waals surface area contributed by atoms with Gasteiger partial charge in [-0.3, -0.25) is 4.79 Å². The van der Waals surface area contributed by atoms with E-state index in [9.17, 15) is 4.79 Å². The Labute approximate surface area is 108 Å². The molecule has 0 radical (unpaired) electrons. The number of carbonyl (C=O) groups is 1. The van der Waals surface area contributed by atoms with Crippen molar-refractivity contribution in [2.75, 3.05) is 13.1 Å². The summed E-state index contributed by atoms with van der Waals surface area (Å²) in [6, 6.07) is 9.64. The number of hydrogen-bond donors (Lipinski definition) is 3. The van der Waals surface area contributed by atoms with E-state index in [0.717, 1.165) is 31.5 Å². The molecule has 4 N–H and O–H groups in total. The number of benzene rings is 1. The second kappa shape index (κ2) is 6.52. The normalized spacial score (nSPS) is 21.3. The van der Waals surface area contributed by atoms with Crippen molar-refractivity contribution in [3.8, 4) is 0 Å². The van der Waals surface area contributed by atoms with Crippen molar-refractivity contribution in [1.82, 2.24) is 10.6 Å². The van der Waals surface area contributed by atoms with E-state index in [-0.39, 0.29) is 11.9 Å². The Morgan fingerprint density at radius 3 is 2.89 bits per heavy atom. The highest BCUT2D eigenvalue weighted by atomic mass is 16.2. The summed E-state index contributed by atoms with van der Waals surface area (Å²) in [6.07, 6.45) is 2.74. The fraction of sp³-hybridized carbons (Fsp3) is 0.500. The number of piperidine rings is 1. The van der Waals surface area contributed by atoms with Crippen molar-refractivity contribution < 1.29 is 4.79 Å². The van der Waals surface area contributed by atoms with E-state index >= 15 is 0 Å². The smallest absolute Gasteiger partial charge is 0.237 e. The van der Waals surface area contributed by atoms with Gasteiger partial charge in [0.2, 0.25) is 5.91 Å². The van der Waals surface area contributed by atoms with Gasteiger partial charge in [0.15, 0.2) is 0 Å². The Balaban J connectivity index is 1.81. The van der Waals surface area contributed by atoms with E-state index in [0.29, 0.717) is 6.42 Å². The van der Waals surface area contributed by atoms with Crippen LogP contribution in [0.15, 0.2) is 30.3 Å². The van der Waals surface area contributed by atoms with Gasteiger partial charge >= 0.3 is 0 Å². The highest BCUT2D eigenvalue weighted by Crippen LogP contribution is 2.04. The predicted molar refractivity (Wildman–Crippen MR) is 72.2 cm³/mol. The Morgan fingerprint density at radius 1 is 1.44 bits per heavy atom. The number of hydrogen-bond acceptors (Lipinski definition) is 3. The topological polar surface area (TPSA) is 67.2 Å². The zero-order valence-electron chi connectivity index (χ0n) is 10.6. The maximum Gasteiger partial charge on any atom is 0.237 e. The SMILES string of the molecule is N[C@@H](Cc1ccccc1)C(=O)NC1CCCNC1. The van der Waals surface area contributed by atoms with Gasteiger partial charge in [-0.05, 0) is 31.4 Å². The van der Waals surface area contributed by atoms with E-state index < -0.39 is 6.04 Å². The monoisotopic (exact) mass is 247 g/mol. The maximum absolute atomic E-state index is 12.0. The maximum atomic E-state index is 12.0. The number of amides is 1. The molecule has 0 saturated carbocycles. The summed E-state index contributed by atoms with van der Waals surface area (Å²) in [6.45, 7) is 1.90. The lowest BCUT2D eigenvalue weighted by Crippen LogP contribution is -2.51. The first-order valence-corrected chi connectivity index (χ1v) is 6.56. The van der Waals surface area contributed by atoms with Gasteiger partial charge in [-0.2, -0.15) is 0 Å². The van der Waals surface area contributed by atoms with E-state index in [1.165, 1.54) is 0 Å². The first-order valence-electron chi connectivity index (χ1n) is 6.56. The van der Waals surface area contributed by atoms with Gasteiger partial charge in [0.1, 0.15) is 0 Å². The highest BCUT2D eigenvalue weighted by Gasteiger charge is 2.19. The molecule has 2 atom stereocenters. The van der Waals surface area contributed by atoms with E-state index in [1.54, 1.807) is 0 Å². The summed E-state index contributed by atoms with van der Waals surface area (Å²) >= 11 is 0. The summed E-state index contributed by atoms with van der Waals surface area (Å²) in [5.74, 6) is -0.0486. The van der Waals surface area contributed by atoms with E-state index in [2.05, 4.69) is 10.6 Å². The Kier molecular flexibility index (Phi) is 4.73. The molecule has 1 amide bonds. The lowest BCUT2D eigenvalue weighted by molar-refractivity contribution is -0.123. The number of rotatable bonds is 4. The second-order valence-corrected chi connectivity index (χ2v) is 4.85. The fourth-order valence-electron chi connectivity index (χ4n) is 2.24. The molecule has 1 aliphatic heterocycles. The van der Waals surface area contributed by atoms with Gasteiger partial charge in [0.05, 0.1) is 6.04 Å². The van der Waals surface area contributed by atoms with Gasteiger partial charge < -0.3 is 16.4 Å². The second-order valence-electron chi connectivity index (χ2n) is 4.85. The summed E-state index contributed by atoms with van der Waals surface area (Å²) in [5.41, 5.74) is 7.03. The summed E-state index contributed by atoms with van der Waals surface area (Å²) in [4.78, 5) is 12.0. The van der Waals surface area contributed by atoms with Crippen LogP contribution >= 0.6 is 0 Å². The van der Waals surface area contributed by atoms with Gasteiger partial charge in [-0.15, -0.1) is 0 Å². The van der Waals surface area contributed by atoms with Crippen LogP contribution in [0, 0.1) is 0 Å². The molecule has 0 aromatic heterocycles. The molecular weight excluding hydrogens is 226 g/mol. The molecule has 18 heavy (non-hydrogen) atoms. The largest absolute Gasteiger partial charge is 0.351 e. The van der Waals surface area contributed by atoms with Crippen molar-refractivity contribution in [3.05, 3.63) is 35.9 Å². The Hall–Kier alpha value is -1.39. The van der Waals surface area contributed by atoms with E-state index in [1.807, 2.05) is 30.3 Å². The lowest BCUT2D eigenvalue weighted by Gasteiger charge is -2.25. The molecule has 0 aliphatic carbocycles. The third kappa shape index (κ3) is 3.82. The molecule has 2 rings (SSSR count). The van der Waals surface area contributed by atoms with Crippen LogP contribution in [0.25, 0.3) is 0 Å². The quantitative estimate of drug-likeness (QED) is 0.722. The van der Waals surface area contributed by atoms with Crippen molar-refractivity contribution >= 4 is 5.91 Å². The van der Waals surface area contributed by atoms with Gasteiger partial charge in [0, 0.05) is 12.6 Å². The van der Waals surface area contributed by atoms with Crippen LogP contribution in [0.4, 0.5) is 0 Å².